The van der Waals surface area contributed by atoms with E-state index in [0.29, 0.717) is 16.8 Å². The van der Waals surface area contributed by atoms with Crippen LogP contribution in [0.1, 0.15) is 11.1 Å². The Morgan fingerprint density at radius 3 is 2.44 bits per heavy atom. The predicted molar refractivity (Wildman–Crippen MR) is 66.5 cm³/mol. The number of nitriles is 1. The summed E-state index contributed by atoms with van der Waals surface area (Å²) < 4.78 is 0. The smallest absolute Gasteiger partial charge is 0.507 e. The van der Waals surface area contributed by atoms with Crippen molar-refractivity contribution >= 4 is 11.9 Å². The van der Waals surface area contributed by atoms with Gasteiger partial charge in [-0.2, -0.15) is 5.26 Å². The summed E-state index contributed by atoms with van der Waals surface area (Å²) in [5.41, 5.74) is 1.73. The maximum atomic E-state index is 9.56. The van der Waals surface area contributed by atoms with E-state index in [1.165, 1.54) is 0 Å². The minimum atomic E-state index is 0. The van der Waals surface area contributed by atoms with Gasteiger partial charge in [0.25, 0.3) is 0 Å². The maximum absolute atomic E-state index is 9.56. The van der Waals surface area contributed by atoms with Crippen molar-refractivity contribution < 1.29 is 24.0 Å². The summed E-state index contributed by atoms with van der Waals surface area (Å²) in [6, 6.07) is 16.1. The van der Waals surface area contributed by atoms with Gasteiger partial charge in [0.1, 0.15) is 11.8 Å². The Morgan fingerprint density at radius 1 is 1.06 bits per heavy atom. The van der Waals surface area contributed by atoms with E-state index in [2.05, 4.69) is 11.1 Å². The van der Waals surface area contributed by atoms with Gasteiger partial charge in [-0.05, 0) is 24.3 Å². The Balaban J connectivity index is 0.00000162. The van der Waals surface area contributed by atoms with Gasteiger partial charge in [-0.3, -0.25) is 4.99 Å². The molecule has 0 heterocycles. The number of aromatic hydroxyl groups is 1. The normalized spacial score (nSPS) is 9.72. The van der Waals surface area contributed by atoms with Crippen LogP contribution in [-0.4, -0.2) is 11.3 Å². The van der Waals surface area contributed by atoms with Crippen LogP contribution in [-0.2, 0) is 0 Å². The molecule has 0 unspecified atom stereocenters. The number of phenolic OH excluding ortho intramolecular Hbond substituents is 1. The molecule has 0 spiro atoms. The van der Waals surface area contributed by atoms with Crippen molar-refractivity contribution in [3.63, 3.8) is 0 Å². The SMILES string of the molecule is N#Cc1ccccc1N=Cc1ccccc1O.[Li+]. The van der Waals surface area contributed by atoms with Crippen molar-refractivity contribution in [3.8, 4) is 11.8 Å². The topological polar surface area (TPSA) is 56.4 Å². The zero-order valence-electron chi connectivity index (χ0n) is 10.0. The van der Waals surface area contributed by atoms with E-state index in [-0.39, 0.29) is 24.6 Å². The van der Waals surface area contributed by atoms with Crippen molar-refractivity contribution in [1.82, 2.24) is 0 Å². The van der Waals surface area contributed by atoms with Gasteiger partial charge in [0, 0.05) is 11.8 Å². The Labute approximate surface area is 118 Å². The van der Waals surface area contributed by atoms with Crippen molar-refractivity contribution in [2.24, 2.45) is 4.99 Å². The molecule has 0 radical (unpaired) electrons. The Kier molecular flexibility index (Phi) is 5.21. The molecule has 1 N–H and O–H groups in total. The van der Waals surface area contributed by atoms with Crippen LogP contribution >= 0.6 is 0 Å². The molecule has 0 atom stereocenters. The van der Waals surface area contributed by atoms with Gasteiger partial charge in [-0.25, -0.2) is 0 Å². The molecule has 0 saturated carbocycles. The number of hydrogen-bond acceptors (Lipinski definition) is 3. The molecule has 18 heavy (non-hydrogen) atoms. The summed E-state index contributed by atoms with van der Waals surface area (Å²) in [5, 5.41) is 18.5. The van der Waals surface area contributed by atoms with E-state index < -0.39 is 0 Å². The molecule has 0 aliphatic carbocycles. The molecule has 0 aliphatic heterocycles. The van der Waals surface area contributed by atoms with Crippen LogP contribution in [0.2, 0.25) is 0 Å². The van der Waals surface area contributed by atoms with Gasteiger partial charge in [0.2, 0.25) is 0 Å². The molecule has 0 fully saturated rings. The largest absolute Gasteiger partial charge is 1.00 e. The van der Waals surface area contributed by atoms with E-state index in [4.69, 9.17) is 5.26 Å². The molecule has 0 bridgehead atoms. The molecular formula is C14H10LiN2O+. The van der Waals surface area contributed by atoms with Gasteiger partial charge in [-0.1, -0.05) is 24.3 Å². The molecule has 0 amide bonds. The number of phenols is 1. The van der Waals surface area contributed by atoms with E-state index in [9.17, 15) is 5.11 Å². The summed E-state index contributed by atoms with van der Waals surface area (Å²) in [6.07, 6.45) is 1.55. The summed E-state index contributed by atoms with van der Waals surface area (Å²) in [6.45, 7) is 0. The monoisotopic (exact) mass is 229 g/mol. The third-order valence-electron chi connectivity index (χ3n) is 2.30. The average molecular weight is 229 g/mol. The molecule has 0 aromatic heterocycles. The van der Waals surface area contributed by atoms with Crippen molar-refractivity contribution in [3.05, 3.63) is 59.7 Å². The number of benzene rings is 2. The van der Waals surface area contributed by atoms with E-state index in [0.717, 1.165) is 0 Å². The van der Waals surface area contributed by atoms with Crippen LogP contribution in [0.4, 0.5) is 5.69 Å². The van der Waals surface area contributed by atoms with E-state index >= 15 is 0 Å². The molecule has 2 aromatic carbocycles. The van der Waals surface area contributed by atoms with Crippen molar-refractivity contribution in [1.29, 1.82) is 5.26 Å². The first-order chi connectivity index (χ1) is 8.31. The second kappa shape index (κ2) is 6.66. The number of aliphatic imine (C=N–C) groups is 1. The summed E-state index contributed by atoms with van der Waals surface area (Å²) in [7, 11) is 0. The van der Waals surface area contributed by atoms with E-state index in [1.54, 1.807) is 42.6 Å². The zero-order chi connectivity index (χ0) is 12.1. The van der Waals surface area contributed by atoms with Crippen LogP contribution in [0.5, 0.6) is 5.75 Å². The summed E-state index contributed by atoms with van der Waals surface area (Å²) in [4.78, 5) is 4.20. The fraction of sp³-hybridized carbons (Fsp3) is 0. The third-order valence-corrected chi connectivity index (χ3v) is 2.30. The van der Waals surface area contributed by atoms with Crippen molar-refractivity contribution in [2.75, 3.05) is 0 Å². The fourth-order valence-electron chi connectivity index (χ4n) is 1.42. The number of hydrogen-bond donors (Lipinski definition) is 1. The third kappa shape index (κ3) is 3.24. The molecule has 3 nitrogen and oxygen atoms in total. The predicted octanol–water partition coefficient (Wildman–Crippen LogP) is 0.0185. The second-order valence-electron chi connectivity index (χ2n) is 3.45. The van der Waals surface area contributed by atoms with Crippen LogP contribution in [0.3, 0.4) is 0 Å². The Hall–Kier alpha value is -2.00. The first kappa shape index (κ1) is 14.1. The number of nitrogens with zero attached hydrogens (tertiary/aromatic N) is 2. The first-order valence-electron chi connectivity index (χ1n) is 5.12. The van der Waals surface area contributed by atoms with E-state index in [1.807, 2.05) is 12.1 Å². The van der Waals surface area contributed by atoms with Gasteiger partial charge in [0.05, 0.1) is 11.3 Å². The van der Waals surface area contributed by atoms with Gasteiger partial charge >= 0.3 is 18.9 Å². The number of para-hydroxylation sites is 2. The first-order valence-corrected chi connectivity index (χ1v) is 5.12. The summed E-state index contributed by atoms with van der Waals surface area (Å²) >= 11 is 0. The molecule has 2 aromatic rings. The molecule has 82 valence electrons. The van der Waals surface area contributed by atoms with Crippen molar-refractivity contribution in [2.45, 2.75) is 0 Å². The molecule has 4 heteroatoms. The fourth-order valence-corrected chi connectivity index (χ4v) is 1.42. The minimum absolute atomic E-state index is 0. The van der Waals surface area contributed by atoms with Crippen LogP contribution in [0, 0.1) is 11.3 Å². The molecular weight excluding hydrogens is 219 g/mol. The molecule has 2 rings (SSSR count). The Morgan fingerprint density at radius 2 is 1.72 bits per heavy atom. The Bertz CT molecular complexity index is 603. The van der Waals surface area contributed by atoms with Gasteiger partial charge in [0.15, 0.2) is 0 Å². The second-order valence-corrected chi connectivity index (χ2v) is 3.45. The van der Waals surface area contributed by atoms with Gasteiger partial charge in [-0.15, -0.1) is 0 Å². The van der Waals surface area contributed by atoms with Gasteiger partial charge < -0.3 is 5.11 Å². The van der Waals surface area contributed by atoms with Crippen LogP contribution < -0.4 is 18.9 Å². The van der Waals surface area contributed by atoms with Crippen LogP contribution in [0.15, 0.2) is 53.5 Å². The standard InChI is InChI=1S/C14H10N2O.Li/c15-9-11-5-1-3-7-13(11)16-10-12-6-2-4-8-14(12)17;/h1-8,10,17H;/q;+1. The van der Waals surface area contributed by atoms with Crippen LogP contribution in [0.25, 0.3) is 0 Å². The molecule has 0 saturated heterocycles. The maximum Gasteiger partial charge on any atom is 1.00 e. The average Bonchev–Trinajstić information content (AvgIpc) is 2.38. The zero-order valence-corrected chi connectivity index (χ0v) is 10.0. The minimum Gasteiger partial charge on any atom is -0.507 e. The number of rotatable bonds is 2. The molecule has 0 aliphatic rings. The quantitative estimate of drug-likeness (QED) is 0.583. The summed E-state index contributed by atoms with van der Waals surface area (Å²) in [5.74, 6) is 0.172.